The van der Waals surface area contributed by atoms with Crippen LogP contribution in [0.5, 0.6) is 0 Å². The van der Waals surface area contributed by atoms with Crippen LogP contribution in [-0.4, -0.2) is 9.97 Å². The number of aryl methyl sites for hydroxylation is 2. The van der Waals surface area contributed by atoms with Gasteiger partial charge in [-0.25, -0.2) is 18.7 Å². The Bertz CT molecular complexity index is 365. The zero-order chi connectivity index (χ0) is 9.64. The molecule has 0 amide bonds. The van der Waals surface area contributed by atoms with E-state index in [1.165, 1.54) is 0 Å². The summed E-state index contributed by atoms with van der Waals surface area (Å²) in [6.07, 6.45) is 0.234. The number of alkyl halides is 2. The summed E-state index contributed by atoms with van der Waals surface area (Å²) in [6.45, 7) is 1.72. The molecule has 1 aliphatic carbocycles. The van der Waals surface area contributed by atoms with Crippen molar-refractivity contribution in [3.05, 3.63) is 20.8 Å². The van der Waals surface area contributed by atoms with E-state index in [0.29, 0.717) is 21.6 Å². The molecular formula is C8H7F2IN2. The van der Waals surface area contributed by atoms with E-state index in [-0.39, 0.29) is 12.0 Å². The topological polar surface area (TPSA) is 25.8 Å². The van der Waals surface area contributed by atoms with E-state index in [9.17, 15) is 8.78 Å². The van der Waals surface area contributed by atoms with Gasteiger partial charge in [0.15, 0.2) is 0 Å². The third-order valence-electron chi connectivity index (χ3n) is 2.09. The van der Waals surface area contributed by atoms with Gasteiger partial charge in [-0.1, -0.05) is 0 Å². The van der Waals surface area contributed by atoms with Gasteiger partial charge >= 0.3 is 0 Å². The minimum Gasteiger partial charge on any atom is -0.238 e. The molecule has 0 fully saturated rings. The SMILES string of the molecule is Cc1nc(I)c2c(n1)CCC2(F)F. The van der Waals surface area contributed by atoms with Crippen LogP contribution in [0.3, 0.4) is 0 Å². The highest BCUT2D eigenvalue weighted by atomic mass is 127. The Morgan fingerprint density at radius 1 is 1.38 bits per heavy atom. The third-order valence-corrected chi connectivity index (χ3v) is 2.87. The molecule has 70 valence electrons. The average Bonchev–Trinajstić information content (AvgIpc) is 2.26. The fraction of sp³-hybridized carbons (Fsp3) is 0.500. The minimum atomic E-state index is -2.72. The molecule has 13 heavy (non-hydrogen) atoms. The van der Waals surface area contributed by atoms with Crippen molar-refractivity contribution in [1.29, 1.82) is 0 Å². The Hall–Kier alpha value is -0.330. The van der Waals surface area contributed by atoms with Crippen LogP contribution in [0.15, 0.2) is 0 Å². The summed E-state index contributed by atoms with van der Waals surface area (Å²) >= 11 is 1.85. The van der Waals surface area contributed by atoms with Crippen LogP contribution < -0.4 is 0 Å². The van der Waals surface area contributed by atoms with E-state index in [1.54, 1.807) is 6.92 Å². The van der Waals surface area contributed by atoms with Crippen LogP contribution in [0, 0.1) is 10.6 Å². The first-order valence-corrected chi connectivity index (χ1v) is 5.00. The maximum atomic E-state index is 13.2. The minimum absolute atomic E-state index is 0.0405. The highest BCUT2D eigenvalue weighted by Crippen LogP contribution is 2.42. The second-order valence-corrected chi connectivity index (χ2v) is 4.11. The molecule has 2 nitrogen and oxygen atoms in total. The van der Waals surface area contributed by atoms with Gasteiger partial charge in [-0.3, -0.25) is 0 Å². The van der Waals surface area contributed by atoms with Crippen molar-refractivity contribution < 1.29 is 8.78 Å². The molecule has 0 bridgehead atoms. The summed E-state index contributed by atoms with van der Waals surface area (Å²) in [7, 11) is 0. The van der Waals surface area contributed by atoms with Crippen molar-refractivity contribution in [3.63, 3.8) is 0 Å². The maximum absolute atomic E-state index is 13.2. The Labute approximate surface area is 87.9 Å². The van der Waals surface area contributed by atoms with E-state index in [0.717, 1.165) is 0 Å². The Morgan fingerprint density at radius 3 is 2.77 bits per heavy atom. The highest BCUT2D eigenvalue weighted by molar-refractivity contribution is 14.1. The van der Waals surface area contributed by atoms with Crippen molar-refractivity contribution >= 4 is 22.6 Å². The summed E-state index contributed by atoms with van der Waals surface area (Å²) in [6, 6.07) is 0. The van der Waals surface area contributed by atoms with Gasteiger partial charge in [0.25, 0.3) is 5.92 Å². The lowest BCUT2D eigenvalue weighted by molar-refractivity contribution is -0.00300. The lowest BCUT2D eigenvalue weighted by Crippen LogP contribution is -2.12. The molecule has 5 heteroatoms. The smallest absolute Gasteiger partial charge is 0.238 e. The average molecular weight is 296 g/mol. The van der Waals surface area contributed by atoms with E-state index >= 15 is 0 Å². The van der Waals surface area contributed by atoms with Crippen LogP contribution in [0.1, 0.15) is 23.5 Å². The van der Waals surface area contributed by atoms with Crippen molar-refractivity contribution in [1.82, 2.24) is 9.97 Å². The fourth-order valence-corrected chi connectivity index (χ4v) is 2.59. The first-order chi connectivity index (χ1) is 6.00. The molecule has 0 spiro atoms. The maximum Gasteiger partial charge on any atom is 0.277 e. The van der Waals surface area contributed by atoms with Crippen LogP contribution in [0.4, 0.5) is 8.78 Å². The fourth-order valence-electron chi connectivity index (χ4n) is 1.54. The first kappa shape index (κ1) is 9.23. The molecular weight excluding hydrogens is 289 g/mol. The summed E-state index contributed by atoms with van der Waals surface area (Å²) in [5.41, 5.74) is 0.556. The molecule has 0 atom stereocenters. The molecule has 0 radical (unpaired) electrons. The second-order valence-electron chi connectivity index (χ2n) is 3.09. The number of hydrogen-bond acceptors (Lipinski definition) is 2. The lowest BCUT2D eigenvalue weighted by Gasteiger charge is -2.10. The first-order valence-electron chi connectivity index (χ1n) is 3.92. The Balaban J connectivity index is 2.65. The molecule has 1 aromatic rings. The zero-order valence-corrected chi connectivity index (χ0v) is 9.10. The van der Waals surface area contributed by atoms with Gasteiger partial charge in [0.2, 0.25) is 0 Å². The highest BCUT2D eigenvalue weighted by Gasteiger charge is 2.42. The van der Waals surface area contributed by atoms with Gasteiger partial charge in [-0.15, -0.1) is 0 Å². The van der Waals surface area contributed by atoms with Gasteiger partial charge in [0, 0.05) is 6.42 Å². The number of nitrogens with zero attached hydrogens (tertiary/aromatic N) is 2. The van der Waals surface area contributed by atoms with Crippen LogP contribution in [-0.2, 0) is 12.3 Å². The van der Waals surface area contributed by atoms with E-state index in [1.807, 2.05) is 22.6 Å². The molecule has 0 aliphatic heterocycles. The number of rotatable bonds is 0. The predicted octanol–water partition coefficient (Wildman–Crippen LogP) is 2.43. The monoisotopic (exact) mass is 296 g/mol. The summed E-state index contributed by atoms with van der Waals surface area (Å²) in [5.74, 6) is -2.15. The van der Waals surface area contributed by atoms with Crippen molar-refractivity contribution in [2.75, 3.05) is 0 Å². The van der Waals surface area contributed by atoms with Crippen LogP contribution >= 0.6 is 22.6 Å². The molecule has 0 saturated heterocycles. The summed E-state index contributed by atoms with van der Waals surface area (Å²) < 4.78 is 26.9. The molecule has 0 saturated carbocycles. The summed E-state index contributed by atoms with van der Waals surface area (Å²) in [5, 5.41) is 0. The largest absolute Gasteiger partial charge is 0.277 e. The van der Waals surface area contributed by atoms with E-state index in [4.69, 9.17) is 0 Å². The number of halogens is 3. The van der Waals surface area contributed by atoms with Crippen molar-refractivity contribution in [2.24, 2.45) is 0 Å². The molecule has 1 aromatic heterocycles. The number of hydrogen-bond donors (Lipinski definition) is 0. The molecule has 0 aromatic carbocycles. The lowest BCUT2D eigenvalue weighted by atomic mass is 10.2. The third kappa shape index (κ3) is 1.43. The van der Waals surface area contributed by atoms with E-state index in [2.05, 4.69) is 9.97 Å². The Morgan fingerprint density at radius 2 is 2.08 bits per heavy atom. The van der Waals surface area contributed by atoms with Gasteiger partial charge in [-0.05, 0) is 35.9 Å². The van der Waals surface area contributed by atoms with Crippen molar-refractivity contribution in [2.45, 2.75) is 25.7 Å². The predicted molar refractivity (Wildman–Crippen MR) is 51.7 cm³/mol. The summed E-state index contributed by atoms with van der Waals surface area (Å²) in [4.78, 5) is 7.95. The van der Waals surface area contributed by atoms with Gasteiger partial charge in [0.1, 0.15) is 9.53 Å². The van der Waals surface area contributed by atoms with Crippen LogP contribution in [0.2, 0.25) is 0 Å². The second kappa shape index (κ2) is 2.83. The molecule has 2 rings (SSSR count). The quantitative estimate of drug-likeness (QED) is 0.543. The zero-order valence-electron chi connectivity index (χ0n) is 6.94. The van der Waals surface area contributed by atoms with Crippen molar-refractivity contribution in [3.8, 4) is 0 Å². The number of fused-ring (bicyclic) bond motifs is 1. The molecule has 0 N–H and O–H groups in total. The van der Waals surface area contributed by atoms with Gasteiger partial charge in [0.05, 0.1) is 11.3 Å². The molecule has 1 heterocycles. The number of aromatic nitrogens is 2. The Kier molecular flexibility index (Phi) is 2.01. The van der Waals surface area contributed by atoms with Crippen LogP contribution in [0.25, 0.3) is 0 Å². The normalized spacial score (nSPS) is 18.8. The van der Waals surface area contributed by atoms with Gasteiger partial charge in [-0.2, -0.15) is 0 Å². The van der Waals surface area contributed by atoms with E-state index < -0.39 is 5.92 Å². The molecule has 0 unspecified atom stereocenters. The molecule has 1 aliphatic rings. The van der Waals surface area contributed by atoms with Gasteiger partial charge < -0.3 is 0 Å². The standard InChI is InChI=1S/C8H7F2IN2/c1-4-12-5-2-3-8(9,10)6(5)7(11)13-4/h2-3H2,1H3.